The fraction of sp³-hybridized carbons (Fsp3) is 0.647. The van der Waals surface area contributed by atoms with Crippen molar-refractivity contribution in [3.63, 3.8) is 0 Å². The Morgan fingerprint density at radius 1 is 1.06 bits per heavy atom. The van der Waals surface area contributed by atoms with Gasteiger partial charge in [0.15, 0.2) is 0 Å². The van der Waals surface area contributed by atoms with Crippen LogP contribution in [0.1, 0.15) is 77.3 Å². The normalized spacial score (nSPS) is 12.2. The highest BCUT2D eigenvalue weighted by atomic mass is 19.1. The Morgan fingerprint density at radius 2 is 1.61 bits per heavy atom. The molecule has 0 unspecified atom stereocenters. The summed E-state index contributed by atoms with van der Waals surface area (Å²) in [5, 5.41) is 0. The van der Waals surface area contributed by atoms with Gasteiger partial charge in [-0.25, -0.2) is 4.39 Å². The minimum Gasteiger partial charge on any atom is -0.207 e. The lowest BCUT2D eigenvalue weighted by Crippen LogP contribution is -2.21. The van der Waals surface area contributed by atoms with E-state index in [0.717, 1.165) is 31.2 Å². The van der Waals surface area contributed by atoms with Gasteiger partial charge in [-0.3, -0.25) is 0 Å². The zero-order valence-electron chi connectivity index (χ0n) is 12.5. The van der Waals surface area contributed by atoms with Gasteiger partial charge in [-0.1, -0.05) is 46.8 Å². The summed E-state index contributed by atoms with van der Waals surface area (Å²) in [7, 11) is 0. The molecule has 0 aromatic heterocycles. The zero-order valence-corrected chi connectivity index (χ0v) is 12.5. The molecule has 0 amide bonds. The molecule has 0 heterocycles. The van der Waals surface area contributed by atoms with Gasteiger partial charge in [0.05, 0.1) is 0 Å². The molecule has 0 atom stereocenters. The Labute approximate surface area is 112 Å². The van der Waals surface area contributed by atoms with Gasteiger partial charge in [-0.15, -0.1) is 0 Å². The monoisotopic (exact) mass is 250 g/mol. The molecule has 1 heteroatoms. The summed E-state index contributed by atoms with van der Waals surface area (Å²) in [6.07, 6.45) is 4.20. The van der Waals surface area contributed by atoms with E-state index < -0.39 is 0 Å². The van der Waals surface area contributed by atoms with E-state index in [-0.39, 0.29) is 11.2 Å². The molecule has 1 aromatic rings. The van der Waals surface area contributed by atoms with Crippen molar-refractivity contribution >= 4 is 0 Å². The largest absolute Gasteiger partial charge is 0.207 e. The van der Waals surface area contributed by atoms with Crippen molar-refractivity contribution in [3.05, 3.63) is 35.1 Å². The van der Waals surface area contributed by atoms with Crippen molar-refractivity contribution in [2.45, 2.75) is 71.6 Å². The SMILES string of the molecule is CCC(CC)c1ccc(F)c(C(C)(CC)CC)c1. The Bertz CT molecular complexity index is 373. The summed E-state index contributed by atoms with van der Waals surface area (Å²) >= 11 is 0. The number of hydrogen-bond acceptors (Lipinski definition) is 0. The van der Waals surface area contributed by atoms with Crippen LogP contribution in [0.3, 0.4) is 0 Å². The molecule has 1 rings (SSSR count). The molecular weight excluding hydrogens is 223 g/mol. The van der Waals surface area contributed by atoms with Crippen LogP contribution in [-0.2, 0) is 5.41 Å². The number of benzene rings is 1. The zero-order chi connectivity index (χ0) is 13.8. The molecule has 0 spiro atoms. The molecule has 1 aromatic carbocycles. The van der Waals surface area contributed by atoms with Crippen LogP contribution >= 0.6 is 0 Å². The third kappa shape index (κ3) is 2.93. The fourth-order valence-corrected chi connectivity index (χ4v) is 2.65. The second kappa shape index (κ2) is 6.36. The van der Waals surface area contributed by atoms with E-state index in [1.807, 2.05) is 6.07 Å². The smallest absolute Gasteiger partial charge is 0.126 e. The Kier molecular flexibility index (Phi) is 5.37. The highest BCUT2D eigenvalue weighted by Gasteiger charge is 2.26. The first-order valence-electron chi connectivity index (χ1n) is 7.32. The predicted octanol–water partition coefficient (Wildman–Crippen LogP) is 5.81. The molecular formula is C17H27F. The van der Waals surface area contributed by atoms with Crippen molar-refractivity contribution in [2.75, 3.05) is 0 Å². The molecule has 0 aliphatic rings. The van der Waals surface area contributed by atoms with Gasteiger partial charge in [-0.05, 0) is 54.2 Å². The standard InChI is InChI=1S/C17H27F/c1-6-13(7-2)14-10-11-16(18)15(12-14)17(5,8-3)9-4/h10-13H,6-9H2,1-5H3. The first-order valence-corrected chi connectivity index (χ1v) is 7.32. The Balaban J connectivity index is 3.23. The Morgan fingerprint density at radius 3 is 2.06 bits per heavy atom. The lowest BCUT2D eigenvalue weighted by atomic mass is 9.76. The summed E-state index contributed by atoms with van der Waals surface area (Å²) in [5.74, 6) is 0.512. The van der Waals surface area contributed by atoms with Crippen molar-refractivity contribution in [1.29, 1.82) is 0 Å². The molecule has 102 valence electrons. The third-order valence-electron chi connectivity index (χ3n) is 4.66. The second-order valence-corrected chi connectivity index (χ2v) is 5.52. The summed E-state index contributed by atoms with van der Waals surface area (Å²) in [6.45, 7) is 10.9. The van der Waals surface area contributed by atoms with Gasteiger partial charge in [0, 0.05) is 0 Å². The van der Waals surface area contributed by atoms with Gasteiger partial charge >= 0.3 is 0 Å². The first-order chi connectivity index (χ1) is 8.52. The summed E-state index contributed by atoms with van der Waals surface area (Å²) < 4.78 is 14.1. The molecule has 0 saturated heterocycles. The molecule has 0 bridgehead atoms. The Hall–Kier alpha value is -0.850. The average Bonchev–Trinajstić information content (AvgIpc) is 2.41. The highest BCUT2D eigenvalue weighted by Crippen LogP contribution is 2.35. The van der Waals surface area contributed by atoms with Gasteiger partial charge < -0.3 is 0 Å². The number of rotatable bonds is 6. The number of halogens is 1. The summed E-state index contributed by atoms with van der Waals surface area (Å²) in [5.41, 5.74) is 2.16. The van der Waals surface area contributed by atoms with E-state index in [4.69, 9.17) is 0 Å². The molecule has 0 nitrogen and oxygen atoms in total. The van der Waals surface area contributed by atoms with E-state index >= 15 is 0 Å². The van der Waals surface area contributed by atoms with Crippen molar-refractivity contribution in [2.24, 2.45) is 0 Å². The molecule has 0 fully saturated rings. The van der Waals surface area contributed by atoms with E-state index in [0.29, 0.717) is 5.92 Å². The minimum absolute atomic E-state index is 0.0356. The highest BCUT2D eigenvalue weighted by molar-refractivity contribution is 5.33. The topological polar surface area (TPSA) is 0 Å². The summed E-state index contributed by atoms with van der Waals surface area (Å²) in [6, 6.07) is 5.73. The fourth-order valence-electron chi connectivity index (χ4n) is 2.65. The van der Waals surface area contributed by atoms with Crippen LogP contribution in [0.15, 0.2) is 18.2 Å². The summed E-state index contributed by atoms with van der Waals surface area (Å²) in [4.78, 5) is 0. The van der Waals surface area contributed by atoms with Gasteiger partial charge in [0.1, 0.15) is 5.82 Å². The number of hydrogen-bond donors (Lipinski definition) is 0. The third-order valence-corrected chi connectivity index (χ3v) is 4.66. The molecule has 0 saturated carbocycles. The van der Waals surface area contributed by atoms with Crippen molar-refractivity contribution < 1.29 is 4.39 Å². The van der Waals surface area contributed by atoms with Gasteiger partial charge in [0.25, 0.3) is 0 Å². The molecule has 18 heavy (non-hydrogen) atoms. The minimum atomic E-state index is -0.0455. The first kappa shape index (κ1) is 15.2. The van der Waals surface area contributed by atoms with Crippen LogP contribution in [0.5, 0.6) is 0 Å². The van der Waals surface area contributed by atoms with E-state index in [1.165, 1.54) is 5.56 Å². The second-order valence-electron chi connectivity index (χ2n) is 5.52. The van der Waals surface area contributed by atoms with E-state index in [9.17, 15) is 4.39 Å². The quantitative estimate of drug-likeness (QED) is 0.598. The molecule has 0 aliphatic carbocycles. The van der Waals surface area contributed by atoms with E-state index in [2.05, 4.69) is 40.7 Å². The van der Waals surface area contributed by atoms with Crippen molar-refractivity contribution in [3.8, 4) is 0 Å². The molecule has 0 N–H and O–H groups in total. The maximum absolute atomic E-state index is 14.1. The average molecular weight is 250 g/mol. The van der Waals surface area contributed by atoms with Gasteiger partial charge in [-0.2, -0.15) is 0 Å². The molecule has 0 radical (unpaired) electrons. The lowest BCUT2D eigenvalue weighted by Gasteiger charge is -2.29. The maximum Gasteiger partial charge on any atom is 0.126 e. The van der Waals surface area contributed by atoms with Crippen LogP contribution in [0.25, 0.3) is 0 Å². The van der Waals surface area contributed by atoms with E-state index in [1.54, 1.807) is 6.07 Å². The van der Waals surface area contributed by atoms with Crippen LogP contribution in [0.4, 0.5) is 4.39 Å². The van der Waals surface area contributed by atoms with Gasteiger partial charge in [0.2, 0.25) is 0 Å². The van der Waals surface area contributed by atoms with Crippen molar-refractivity contribution in [1.82, 2.24) is 0 Å². The van der Waals surface area contributed by atoms with Crippen LogP contribution in [-0.4, -0.2) is 0 Å². The van der Waals surface area contributed by atoms with Crippen LogP contribution in [0, 0.1) is 5.82 Å². The predicted molar refractivity (Wildman–Crippen MR) is 77.7 cm³/mol. The van der Waals surface area contributed by atoms with Crippen LogP contribution in [0.2, 0.25) is 0 Å². The lowest BCUT2D eigenvalue weighted by molar-refractivity contribution is 0.414. The van der Waals surface area contributed by atoms with Crippen LogP contribution < -0.4 is 0 Å². The molecule has 0 aliphatic heterocycles. The maximum atomic E-state index is 14.1.